The fourth-order valence-electron chi connectivity index (χ4n) is 2.83. The van der Waals surface area contributed by atoms with Crippen molar-refractivity contribution in [1.82, 2.24) is 0 Å². The lowest BCUT2D eigenvalue weighted by molar-refractivity contribution is 0.104. The van der Waals surface area contributed by atoms with Crippen LogP contribution in [0.15, 0.2) is 76.1 Å². The summed E-state index contributed by atoms with van der Waals surface area (Å²) in [6, 6.07) is 17.1. The van der Waals surface area contributed by atoms with Gasteiger partial charge in [-0.25, -0.2) is 8.42 Å². The zero-order chi connectivity index (χ0) is 22.6. The highest BCUT2D eigenvalue weighted by molar-refractivity contribution is 9.10. The van der Waals surface area contributed by atoms with Gasteiger partial charge < -0.3 is 9.84 Å². The predicted octanol–water partition coefficient (Wildman–Crippen LogP) is 5.66. The van der Waals surface area contributed by atoms with E-state index < -0.39 is 26.3 Å². The number of hydrogen-bond acceptors (Lipinski definition) is 5. The van der Waals surface area contributed by atoms with Crippen molar-refractivity contribution in [2.75, 3.05) is 7.11 Å². The van der Waals surface area contributed by atoms with E-state index in [-0.39, 0.29) is 16.9 Å². The summed E-state index contributed by atoms with van der Waals surface area (Å²) in [5, 5.41) is 10.8. The van der Waals surface area contributed by atoms with Gasteiger partial charge in [0.05, 0.1) is 12.9 Å². The minimum absolute atomic E-state index is 0.181. The van der Waals surface area contributed by atoms with Crippen LogP contribution in [0.25, 0.3) is 6.08 Å². The third kappa shape index (κ3) is 5.76. The van der Waals surface area contributed by atoms with Crippen molar-refractivity contribution in [2.45, 2.75) is 5.75 Å². The van der Waals surface area contributed by atoms with Crippen LogP contribution in [0.1, 0.15) is 21.5 Å². The van der Waals surface area contributed by atoms with Crippen LogP contribution < -0.4 is 4.74 Å². The lowest BCUT2D eigenvalue weighted by Gasteiger charge is -2.11. The van der Waals surface area contributed by atoms with Crippen LogP contribution in [0, 0.1) is 0 Å². The van der Waals surface area contributed by atoms with Gasteiger partial charge in [-0.2, -0.15) is 0 Å². The van der Waals surface area contributed by atoms with Crippen LogP contribution in [0.3, 0.4) is 0 Å². The molecule has 0 aliphatic carbocycles. The summed E-state index contributed by atoms with van der Waals surface area (Å²) in [5.74, 6) is -0.867. The molecule has 0 unspecified atom stereocenters. The Bertz CT molecular complexity index is 1230. The zero-order valence-electron chi connectivity index (χ0n) is 16.4. The minimum Gasteiger partial charge on any atom is -0.507 e. The first-order valence-corrected chi connectivity index (χ1v) is 11.9. The van der Waals surface area contributed by atoms with E-state index in [0.29, 0.717) is 16.3 Å². The number of phenolic OH excluding ortho intramolecular Hbond substituents is 1. The van der Waals surface area contributed by atoms with Crippen molar-refractivity contribution in [3.63, 3.8) is 0 Å². The van der Waals surface area contributed by atoms with Crippen molar-refractivity contribution < 1.29 is 23.1 Å². The normalized spacial score (nSPS) is 11.9. The Morgan fingerprint density at radius 1 is 1.06 bits per heavy atom. The molecule has 0 radical (unpaired) electrons. The molecule has 0 saturated carbocycles. The molecule has 8 heteroatoms. The summed E-state index contributed by atoms with van der Waals surface area (Å²) in [7, 11) is -2.61. The average molecular weight is 522 g/mol. The molecule has 0 spiro atoms. The quantitative estimate of drug-likeness (QED) is 0.321. The number of ketones is 1. The largest absolute Gasteiger partial charge is 0.507 e. The highest BCUT2D eigenvalue weighted by Crippen LogP contribution is 2.29. The standard InChI is InChI=1S/C23H18BrClO5S/c1-30-20-11-6-17(21(26)13-20)12-22(23(27)16-4-7-18(24)8-5-16)31(28,29)14-15-2-9-19(25)10-3-15/h2-13,26H,14H2,1H3/b22-12-. The average Bonchev–Trinajstić information content (AvgIpc) is 2.74. The maximum atomic E-state index is 13.3. The number of carbonyl (C=O) groups excluding carboxylic acids is 1. The molecule has 0 aromatic heterocycles. The van der Waals surface area contributed by atoms with Gasteiger partial charge >= 0.3 is 0 Å². The van der Waals surface area contributed by atoms with Gasteiger partial charge in [-0.15, -0.1) is 0 Å². The Morgan fingerprint density at radius 3 is 2.29 bits per heavy atom. The van der Waals surface area contributed by atoms with Gasteiger partial charge in [0, 0.05) is 26.7 Å². The van der Waals surface area contributed by atoms with Crippen LogP contribution in [0.2, 0.25) is 5.02 Å². The molecular weight excluding hydrogens is 504 g/mol. The molecule has 0 saturated heterocycles. The number of phenols is 1. The SMILES string of the molecule is COc1ccc(/C=C(/C(=O)c2ccc(Br)cc2)S(=O)(=O)Cc2ccc(Cl)cc2)c(O)c1. The zero-order valence-corrected chi connectivity index (χ0v) is 19.5. The molecule has 0 heterocycles. The first kappa shape index (κ1) is 23.1. The van der Waals surface area contributed by atoms with E-state index in [1.54, 1.807) is 42.5 Å². The number of methoxy groups -OCH3 is 1. The maximum absolute atomic E-state index is 13.3. The monoisotopic (exact) mass is 520 g/mol. The van der Waals surface area contributed by atoms with Crippen LogP contribution in [0.5, 0.6) is 11.5 Å². The molecule has 3 rings (SSSR count). The van der Waals surface area contributed by atoms with Crippen molar-refractivity contribution in [1.29, 1.82) is 0 Å². The number of carbonyl (C=O) groups is 1. The van der Waals surface area contributed by atoms with Gasteiger partial charge in [-0.1, -0.05) is 39.7 Å². The Balaban J connectivity index is 2.10. The molecule has 0 bridgehead atoms. The second-order valence-corrected chi connectivity index (χ2v) is 9.97. The number of benzene rings is 3. The summed E-state index contributed by atoms with van der Waals surface area (Å²) >= 11 is 9.18. The third-order valence-corrected chi connectivity index (χ3v) is 6.93. The molecule has 0 aliphatic heterocycles. The number of sulfone groups is 1. The Hall–Kier alpha value is -2.61. The first-order valence-electron chi connectivity index (χ1n) is 9.06. The van der Waals surface area contributed by atoms with Crippen molar-refractivity contribution in [3.8, 4) is 11.5 Å². The van der Waals surface area contributed by atoms with Gasteiger partial charge in [0.15, 0.2) is 9.84 Å². The Labute approximate surface area is 194 Å². The number of rotatable bonds is 7. The molecule has 0 fully saturated rings. The number of Topliss-reactive ketones (excluding diaryl/α,β-unsaturated/α-hetero) is 1. The summed E-state index contributed by atoms with van der Waals surface area (Å²) in [5.41, 5.74) is 0.876. The van der Waals surface area contributed by atoms with E-state index in [9.17, 15) is 18.3 Å². The number of aromatic hydroxyl groups is 1. The lowest BCUT2D eigenvalue weighted by atomic mass is 10.1. The molecule has 0 amide bonds. The first-order chi connectivity index (χ1) is 14.7. The van der Waals surface area contributed by atoms with E-state index >= 15 is 0 Å². The van der Waals surface area contributed by atoms with Crippen LogP contribution in [-0.2, 0) is 15.6 Å². The lowest BCUT2D eigenvalue weighted by Crippen LogP contribution is -2.16. The summed E-state index contributed by atoms with van der Waals surface area (Å²) in [6.45, 7) is 0. The topological polar surface area (TPSA) is 80.7 Å². The highest BCUT2D eigenvalue weighted by Gasteiger charge is 2.27. The van der Waals surface area contributed by atoms with E-state index in [1.807, 2.05) is 0 Å². The van der Waals surface area contributed by atoms with Crippen molar-refractivity contribution >= 4 is 49.2 Å². The third-order valence-electron chi connectivity index (χ3n) is 4.46. The minimum atomic E-state index is -4.06. The smallest absolute Gasteiger partial charge is 0.204 e. The maximum Gasteiger partial charge on any atom is 0.204 e. The molecule has 3 aromatic rings. The van der Waals surface area contributed by atoms with Gasteiger partial charge in [0.25, 0.3) is 0 Å². The summed E-state index contributed by atoms with van der Waals surface area (Å²) in [6.07, 6.45) is 1.18. The predicted molar refractivity (Wildman–Crippen MR) is 125 cm³/mol. The van der Waals surface area contributed by atoms with Gasteiger partial charge in [0.1, 0.15) is 16.4 Å². The van der Waals surface area contributed by atoms with E-state index in [1.165, 1.54) is 37.5 Å². The molecule has 0 aliphatic rings. The number of allylic oxidation sites excluding steroid dienone is 1. The Kier molecular flexibility index (Phi) is 7.20. The number of ether oxygens (including phenoxy) is 1. The summed E-state index contributed by atoms with van der Waals surface area (Å²) < 4.78 is 32.3. The number of hydrogen-bond donors (Lipinski definition) is 1. The van der Waals surface area contributed by atoms with Gasteiger partial charge in [0.2, 0.25) is 5.78 Å². The molecule has 1 N–H and O–H groups in total. The second kappa shape index (κ2) is 9.68. The second-order valence-electron chi connectivity index (χ2n) is 6.65. The molecule has 3 aromatic carbocycles. The molecule has 160 valence electrons. The van der Waals surface area contributed by atoms with Crippen LogP contribution in [-0.4, -0.2) is 26.4 Å². The Morgan fingerprint density at radius 2 is 1.71 bits per heavy atom. The summed E-state index contributed by atoms with van der Waals surface area (Å²) in [4.78, 5) is 12.8. The fraction of sp³-hybridized carbons (Fsp3) is 0.0870. The highest BCUT2D eigenvalue weighted by atomic mass is 79.9. The van der Waals surface area contributed by atoms with Crippen LogP contribution in [0.4, 0.5) is 0 Å². The fourth-order valence-corrected chi connectivity index (χ4v) is 4.72. The van der Waals surface area contributed by atoms with E-state index in [4.69, 9.17) is 16.3 Å². The molecular formula is C23H18BrClO5S. The van der Waals surface area contributed by atoms with Crippen molar-refractivity contribution in [3.05, 3.63) is 97.8 Å². The van der Waals surface area contributed by atoms with Crippen LogP contribution >= 0.6 is 27.5 Å². The molecule has 31 heavy (non-hydrogen) atoms. The van der Waals surface area contributed by atoms with Crippen molar-refractivity contribution in [2.24, 2.45) is 0 Å². The van der Waals surface area contributed by atoms with Gasteiger partial charge in [-0.3, -0.25) is 4.79 Å². The van der Waals surface area contributed by atoms with E-state index in [2.05, 4.69) is 15.9 Å². The molecule has 0 atom stereocenters. The van der Waals surface area contributed by atoms with E-state index in [0.717, 1.165) is 4.47 Å². The number of halogens is 2. The van der Waals surface area contributed by atoms with Gasteiger partial charge in [-0.05, 0) is 60.2 Å². The molecule has 5 nitrogen and oxygen atoms in total.